The summed E-state index contributed by atoms with van der Waals surface area (Å²) in [6, 6.07) is 10.6. The highest BCUT2D eigenvalue weighted by Crippen LogP contribution is 2.39. The van der Waals surface area contributed by atoms with Crippen LogP contribution in [-0.4, -0.2) is 52.9 Å². The van der Waals surface area contributed by atoms with E-state index in [4.69, 9.17) is 4.98 Å². The van der Waals surface area contributed by atoms with Crippen LogP contribution in [0.3, 0.4) is 0 Å². The van der Waals surface area contributed by atoms with Crippen molar-refractivity contribution in [3.63, 3.8) is 0 Å². The lowest BCUT2D eigenvalue weighted by Gasteiger charge is -2.34. The zero-order valence-corrected chi connectivity index (χ0v) is 33.5. The average Bonchev–Trinajstić information content (AvgIpc) is 3.56. The minimum atomic E-state index is -0.778. The van der Waals surface area contributed by atoms with E-state index in [0.29, 0.717) is 35.8 Å². The van der Waals surface area contributed by atoms with Gasteiger partial charge in [0, 0.05) is 36.7 Å². The highest BCUT2D eigenvalue weighted by Gasteiger charge is 2.41. The predicted molar refractivity (Wildman–Crippen MR) is 210 cm³/mol. The van der Waals surface area contributed by atoms with E-state index in [2.05, 4.69) is 59.4 Å². The lowest BCUT2D eigenvalue weighted by molar-refractivity contribution is -0.153. The minimum Gasteiger partial charge on any atom is -0.348 e. The van der Waals surface area contributed by atoms with E-state index < -0.39 is 17.7 Å². The molecule has 0 aliphatic carbocycles. The van der Waals surface area contributed by atoms with Crippen molar-refractivity contribution >= 4 is 40.3 Å². The SMILES string of the molecule is CCCCC1=C(C#N)C(=O)N(N(C)C(=O)c2ccccc2)C(=O)/C1=C\c1sc(N(CC(CC)CCCC)CC(CC)CCCC)nc1C(C)(C)C. The van der Waals surface area contributed by atoms with Gasteiger partial charge < -0.3 is 4.90 Å². The van der Waals surface area contributed by atoms with Crippen molar-refractivity contribution in [3.8, 4) is 6.07 Å². The highest BCUT2D eigenvalue weighted by atomic mass is 32.1. The number of carbonyl (C=O) groups excluding carboxylic acids is 3. The Balaban J connectivity index is 2.23. The third-order valence-electron chi connectivity index (χ3n) is 9.90. The van der Waals surface area contributed by atoms with Crippen molar-refractivity contribution in [1.82, 2.24) is 15.0 Å². The number of aromatic nitrogens is 1. The lowest BCUT2D eigenvalue weighted by atomic mass is 9.88. The van der Waals surface area contributed by atoms with Crippen LogP contribution in [0.25, 0.3) is 6.08 Å². The summed E-state index contributed by atoms with van der Waals surface area (Å²) < 4.78 is 0. The van der Waals surface area contributed by atoms with Gasteiger partial charge in [0.1, 0.15) is 11.6 Å². The third kappa shape index (κ3) is 10.6. The fraction of sp³-hybridized carbons (Fsp3) is 0.595. The van der Waals surface area contributed by atoms with Gasteiger partial charge >= 0.3 is 0 Å². The number of anilines is 1. The number of thiazole rings is 1. The number of carbonyl (C=O) groups is 3. The topological polar surface area (TPSA) is 97.6 Å². The summed E-state index contributed by atoms with van der Waals surface area (Å²) in [5, 5.41) is 13.2. The Morgan fingerprint density at radius 1 is 0.922 bits per heavy atom. The number of nitriles is 1. The van der Waals surface area contributed by atoms with Crippen LogP contribution < -0.4 is 4.90 Å². The van der Waals surface area contributed by atoms with Crippen molar-refractivity contribution < 1.29 is 14.4 Å². The standard InChI is InChI=1S/C42H61N5O3S/c1-10-15-21-30(13-4)28-46(29-31(14-5)22-16-11-2)41-44-37(42(6,7)8)36(51-41)26-34-33(25-17-12-3)35(27-43)40(50)47(39(34)49)45(9)38(48)32-23-19-18-20-24-32/h18-20,23-24,26,30-31H,10-17,21-22,25,28-29H2,1-9H3/b34-26-. The Morgan fingerprint density at radius 2 is 1.49 bits per heavy atom. The molecule has 1 aromatic carbocycles. The Labute approximate surface area is 311 Å². The van der Waals surface area contributed by atoms with Gasteiger partial charge in [-0.3, -0.25) is 14.4 Å². The zero-order chi connectivity index (χ0) is 37.7. The summed E-state index contributed by atoms with van der Waals surface area (Å²) in [6.07, 6.45) is 13.1. The van der Waals surface area contributed by atoms with Crippen LogP contribution in [0.2, 0.25) is 0 Å². The van der Waals surface area contributed by atoms with Crippen LogP contribution in [0, 0.1) is 23.2 Å². The molecule has 3 rings (SSSR count). The molecular weight excluding hydrogens is 655 g/mol. The van der Waals surface area contributed by atoms with Crippen LogP contribution in [0.4, 0.5) is 5.13 Å². The van der Waals surface area contributed by atoms with E-state index in [1.54, 1.807) is 41.7 Å². The average molecular weight is 716 g/mol. The Morgan fingerprint density at radius 3 is 1.98 bits per heavy atom. The van der Waals surface area contributed by atoms with Gasteiger partial charge in [0.05, 0.1) is 10.6 Å². The first-order valence-electron chi connectivity index (χ1n) is 19.2. The molecule has 0 saturated heterocycles. The van der Waals surface area contributed by atoms with Gasteiger partial charge in [-0.1, -0.05) is 130 Å². The zero-order valence-electron chi connectivity index (χ0n) is 32.7. The van der Waals surface area contributed by atoms with Crippen molar-refractivity contribution in [3.05, 3.63) is 63.2 Å². The third-order valence-corrected chi connectivity index (χ3v) is 11.0. The van der Waals surface area contributed by atoms with Gasteiger partial charge in [-0.2, -0.15) is 10.3 Å². The molecule has 2 heterocycles. The summed E-state index contributed by atoms with van der Waals surface area (Å²) in [4.78, 5) is 50.5. The molecule has 3 amide bonds. The molecular formula is C42H61N5O3S. The number of imide groups is 1. The van der Waals surface area contributed by atoms with Gasteiger partial charge in [-0.25, -0.2) is 9.99 Å². The first kappa shape index (κ1) is 41.6. The maximum Gasteiger partial charge on any atom is 0.290 e. The summed E-state index contributed by atoms with van der Waals surface area (Å²) in [5.41, 5.74) is 1.47. The summed E-state index contributed by atoms with van der Waals surface area (Å²) in [5.74, 6) is -0.799. The van der Waals surface area contributed by atoms with Gasteiger partial charge in [0.25, 0.3) is 17.7 Å². The summed E-state index contributed by atoms with van der Waals surface area (Å²) in [7, 11) is 1.41. The highest BCUT2D eigenvalue weighted by molar-refractivity contribution is 7.16. The molecule has 2 unspecified atom stereocenters. The van der Waals surface area contributed by atoms with E-state index in [-0.39, 0.29) is 16.6 Å². The van der Waals surface area contributed by atoms with E-state index in [9.17, 15) is 19.6 Å². The van der Waals surface area contributed by atoms with E-state index in [1.807, 2.05) is 13.0 Å². The normalized spacial score (nSPS) is 15.7. The van der Waals surface area contributed by atoms with Crippen molar-refractivity contribution in [2.24, 2.45) is 11.8 Å². The van der Waals surface area contributed by atoms with Gasteiger partial charge in [0.15, 0.2) is 5.13 Å². The number of hydrogen-bond donors (Lipinski definition) is 0. The van der Waals surface area contributed by atoms with Gasteiger partial charge in [0.2, 0.25) is 0 Å². The largest absolute Gasteiger partial charge is 0.348 e. The van der Waals surface area contributed by atoms with E-state index in [0.717, 1.165) is 58.1 Å². The molecule has 0 N–H and O–H groups in total. The molecule has 0 spiro atoms. The second-order valence-electron chi connectivity index (χ2n) is 14.9. The van der Waals surface area contributed by atoms with Crippen molar-refractivity contribution in [2.45, 2.75) is 131 Å². The Bertz CT molecular complexity index is 1560. The lowest BCUT2D eigenvalue weighted by Crippen LogP contribution is -2.54. The van der Waals surface area contributed by atoms with Gasteiger partial charge in [-0.15, -0.1) is 0 Å². The smallest absolute Gasteiger partial charge is 0.290 e. The molecule has 278 valence electrons. The number of hydrazine groups is 1. The van der Waals surface area contributed by atoms with Crippen LogP contribution >= 0.6 is 11.3 Å². The molecule has 51 heavy (non-hydrogen) atoms. The van der Waals surface area contributed by atoms with Crippen LogP contribution in [0.15, 0.2) is 47.1 Å². The second kappa shape index (κ2) is 19.7. The first-order chi connectivity index (χ1) is 24.4. The van der Waals surface area contributed by atoms with E-state index >= 15 is 0 Å². The molecule has 1 aromatic heterocycles. The quantitative estimate of drug-likeness (QED) is 0.106. The molecule has 2 atom stereocenters. The molecule has 0 saturated carbocycles. The number of amides is 3. The number of unbranched alkanes of at least 4 members (excludes halogenated alkanes) is 3. The molecule has 1 aliphatic heterocycles. The predicted octanol–water partition coefficient (Wildman–Crippen LogP) is 10.1. The van der Waals surface area contributed by atoms with Crippen LogP contribution in [0.1, 0.15) is 147 Å². The van der Waals surface area contributed by atoms with Crippen LogP contribution in [-0.2, 0) is 15.0 Å². The Hall–Kier alpha value is -3.77. The fourth-order valence-corrected chi connectivity index (χ4v) is 7.86. The minimum absolute atomic E-state index is 0.103. The maximum atomic E-state index is 14.5. The van der Waals surface area contributed by atoms with E-state index in [1.165, 1.54) is 45.6 Å². The monoisotopic (exact) mass is 715 g/mol. The number of nitrogens with zero attached hydrogens (tertiary/aromatic N) is 5. The number of hydrogen-bond acceptors (Lipinski definition) is 7. The molecule has 0 bridgehead atoms. The van der Waals surface area contributed by atoms with Crippen molar-refractivity contribution in [2.75, 3.05) is 25.0 Å². The van der Waals surface area contributed by atoms with Crippen molar-refractivity contribution in [1.29, 1.82) is 5.26 Å². The molecule has 1 aliphatic rings. The molecule has 0 radical (unpaired) electrons. The number of rotatable bonds is 19. The second-order valence-corrected chi connectivity index (χ2v) is 16.0. The fourth-order valence-electron chi connectivity index (χ4n) is 6.62. The van der Waals surface area contributed by atoms with Crippen LogP contribution in [0.5, 0.6) is 0 Å². The summed E-state index contributed by atoms with van der Waals surface area (Å²) >= 11 is 1.59. The molecule has 2 aromatic rings. The summed E-state index contributed by atoms with van der Waals surface area (Å²) in [6.45, 7) is 19.3. The number of benzene rings is 1. The molecule has 8 nitrogen and oxygen atoms in total. The first-order valence-corrected chi connectivity index (χ1v) is 20.0. The molecule has 9 heteroatoms. The molecule has 0 fully saturated rings. The van der Waals surface area contributed by atoms with Gasteiger partial charge in [-0.05, 0) is 61.3 Å². The maximum absolute atomic E-state index is 14.5. The Kier molecular flexibility index (Phi) is 16.1.